The molecule has 4 rings (SSSR count). The molecule has 1 aromatic heterocycles. The topological polar surface area (TPSA) is 51.0 Å². The first-order valence-corrected chi connectivity index (χ1v) is 7.96. The summed E-state index contributed by atoms with van der Waals surface area (Å²) in [6, 6.07) is 10.6. The summed E-state index contributed by atoms with van der Waals surface area (Å²) in [5.41, 5.74) is 1.32. The zero-order chi connectivity index (χ0) is 14.1. The number of aromatic nitrogens is 2. The van der Waals surface area contributed by atoms with E-state index in [-0.39, 0.29) is 5.41 Å². The fourth-order valence-electron chi connectivity index (χ4n) is 3.60. The van der Waals surface area contributed by atoms with Gasteiger partial charge in [-0.15, -0.1) is 0 Å². The predicted octanol–water partition coefficient (Wildman–Crippen LogP) is 2.69. The summed E-state index contributed by atoms with van der Waals surface area (Å²) in [5.74, 6) is 2.34. The molecule has 2 heterocycles. The van der Waals surface area contributed by atoms with Gasteiger partial charge in [-0.25, -0.2) is 0 Å². The number of benzene rings is 1. The molecule has 4 nitrogen and oxygen atoms in total. The summed E-state index contributed by atoms with van der Waals surface area (Å²) in [7, 11) is 0. The van der Waals surface area contributed by atoms with Crippen LogP contribution in [-0.4, -0.2) is 23.2 Å². The van der Waals surface area contributed by atoms with E-state index in [1.54, 1.807) is 0 Å². The molecule has 1 aliphatic heterocycles. The van der Waals surface area contributed by atoms with Crippen LogP contribution in [0.2, 0.25) is 0 Å². The summed E-state index contributed by atoms with van der Waals surface area (Å²) in [5, 5.41) is 7.71. The normalized spacial score (nSPS) is 23.9. The second-order valence-corrected chi connectivity index (χ2v) is 6.38. The van der Waals surface area contributed by atoms with Crippen LogP contribution in [0.15, 0.2) is 34.9 Å². The lowest BCUT2D eigenvalue weighted by molar-refractivity contribution is 0.270. The standard InChI is InChI=1S/C17H21N3O/c1-2-5-14(6-3-1)17(8-4-9-17)16-19-15(21-20-16)11-13-7-10-18-12-13/h1-3,5-6,13,18H,4,7-12H2/t13-/m0/s1. The Labute approximate surface area is 124 Å². The summed E-state index contributed by atoms with van der Waals surface area (Å²) in [4.78, 5) is 4.74. The number of nitrogens with zero attached hydrogens (tertiary/aromatic N) is 2. The third-order valence-electron chi connectivity index (χ3n) is 5.06. The van der Waals surface area contributed by atoms with Crippen molar-refractivity contribution in [3.05, 3.63) is 47.6 Å². The van der Waals surface area contributed by atoms with Gasteiger partial charge in [0.1, 0.15) is 0 Å². The summed E-state index contributed by atoms with van der Waals surface area (Å²) in [6.45, 7) is 2.18. The Hall–Kier alpha value is -1.68. The van der Waals surface area contributed by atoms with Crippen molar-refractivity contribution in [1.29, 1.82) is 0 Å². The lowest BCUT2D eigenvalue weighted by Crippen LogP contribution is -2.36. The molecule has 0 radical (unpaired) electrons. The monoisotopic (exact) mass is 283 g/mol. The molecule has 2 aliphatic rings. The quantitative estimate of drug-likeness (QED) is 0.937. The van der Waals surface area contributed by atoms with Crippen molar-refractivity contribution in [2.75, 3.05) is 13.1 Å². The minimum Gasteiger partial charge on any atom is -0.339 e. The van der Waals surface area contributed by atoms with Crippen LogP contribution in [-0.2, 0) is 11.8 Å². The predicted molar refractivity (Wildman–Crippen MR) is 80.1 cm³/mol. The van der Waals surface area contributed by atoms with Crippen LogP contribution in [0.5, 0.6) is 0 Å². The molecule has 0 amide bonds. The van der Waals surface area contributed by atoms with E-state index in [1.807, 2.05) is 0 Å². The molecule has 4 heteroatoms. The Morgan fingerprint density at radius 1 is 1.24 bits per heavy atom. The smallest absolute Gasteiger partial charge is 0.227 e. The van der Waals surface area contributed by atoms with Crippen molar-refractivity contribution in [3.8, 4) is 0 Å². The molecule has 1 aromatic carbocycles. The first kappa shape index (κ1) is 13.0. The molecular weight excluding hydrogens is 262 g/mol. The fraction of sp³-hybridized carbons (Fsp3) is 0.529. The molecule has 110 valence electrons. The molecule has 1 aliphatic carbocycles. The molecule has 0 bridgehead atoms. The van der Waals surface area contributed by atoms with Gasteiger partial charge in [-0.05, 0) is 43.8 Å². The lowest BCUT2D eigenvalue weighted by atomic mass is 9.64. The highest BCUT2D eigenvalue weighted by atomic mass is 16.5. The van der Waals surface area contributed by atoms with Gasteiger partial charge in [0.05, 0.1) is 5.41 Å². The minimum atomic E-state index is -0.00304. The van der Waals surface area contributed by atoms with Crippen molar-refractivity contribution in [1.82, 2.24) is 15.5 Å². The van der Waals surface area contributed by atoms with Crippen LogP contribution in [0.3, 0.4) is 0 Å². The van der Waals surface area contributed by atoms with E-state index in [1.165, 1.54) is 18.4 Å². The second-order valence-electron chi connectivity index (χ2n) is 6.38. The maximum absolute atomic E-state index is 5.54. The van der Waals surface area contributed by atoms with E-state index in [9.17, 15) is 0 Å². The Kier molecular flexibility index (Phi) is 3.26. The second kappa shape index (κ2) is 5.26. The first-order valence-electron chi connectivity index (χ1n) is 7.96. The SMILES string of the molecule is c1ccc(C2(c3noc(C[C@@H]4CCNC4)n3)CCC2)cc1. The van der Waals surface area contributed by atoms with Crippen molar-refractivity contribution in [3.63, 3.8) is 0 Å². The minimum absolute atomic E-state index is 0.00304. The van der Waals surface area contributed by atoms with Crippen molar-refractivity contribution in [2.24, 2.45) is 5.92 Å². The van der Waals surface area contributed by atoms with E-state index >= 15 is 0 Å². The summed E-state index contributed by atoms with van der Waals surface area (Å²) in [6.07, 6.45) is 5.61. The van der Waals surface area contributed by atoms with Crippen LogP contribution in [0.1, 0.15) is 43.0 Å². The van der Waals surface area contributed by atoms with Gasteiger partial charge in [-0.3, -0.25) is 0 Å². The number of nitrogens with one attached hydrogen (secondary N) is 1. The highest BCUT2D eigenvalue weighted by Gasteiger charge is 2.44. The Bertz CT molecular complexity index is 598. The van der Waals surface area contributed by atoms with Gasteiger partial charge in [0.25, 0.3) is 0 Å². The average molecular weight is 283 g/mol. The molecule has 1 N–H and O–H groups in total. The molecular formula is C17H21N3O. The van der Waals surface area contributed by atoms with Crippen LogP contribution < -0.4 is 5.32 Å². The van der Waals surface area contributed by atoms with Crippen LogP contribution >= 0.6 is 0 Å². The maximum atomic E-state index is 5.54. The van der Waals surface area contributed by atoms with Gasteiger partial charge in [-0.1, -0.05) is 41.9 Å². The zero-order valence-electron chi connectivity index (χ0n) is 12.2. The Morgan fingerprint density at radius 2 is 2.10 bits per heavy atom. The van der Waals surface area contributed by atoms with Crippen molar-refractivity contribution < 1.29 is 4.52 Å². The van der Waals surface area contributed by atoms with Gasteiger partial charge in [-0.2, -0.15) is 4.98 Å². The summed E-state index contributed by atoms with van der Waals surface area (Å²) < 4.78 is 5.54. The largest absolute Gasteiger partial charge is 0.339 e. The van der Waals surface area contributed by atoms with Gasteiger partial charge in [0.2, 0.25) is 5.89 Å². The molecule has 2 aromatic rings. The van der Waals surface area contributed by atoms with Crippen molar-refractivity contribution >= 4 is 0 Å². The molecule has 1 atom stereocenters. The van der Waals surface area contributed by atoms with E-state index in [0.717, 1.165) is 44.1 Å². The van der Waals surface area contributed by atoms with Crippen LogP contribution in [0, 0.1) is 5.92 Å². The van der Waals surface area contributed by atoms with Crippen LogP contribution in [0.4, 0.5) is 0 Å². The Balaban J connectivity index is 1.58. The molecule has 0 spiro atoms. The molecule has 21 heavy (non-hydrogen) atoms. The van der Waals surface area contributed by atoms with E-state index in [2.05, 4.69) is 40.8 Å². The number of hydrogen-bond donors (Lipinski definition) is 1. The number of rotatable bonds is 4. The third kappa shape index (κ3) is 2.27. The third-order valence-corrected chi connectivity index (χ3v) is 5.06. The molecule has 1 saturated heterocycles. The van der Waals surface area contributed by atoms with Crippen LogP contribution in [0.25, 0.3) is 0 Å². The summed E-state index contributed by atoms with van der Waals surface area (Å²) >= 11 is 0. The highest BCUT2D eigenvalue weighted by molar-refractivity contribution is 5.35. The highest BCUT2D eigenvalue weighted by Crippen LogP contribution is 2.47. The van der Waals surface area contributed by atoms with Crippen molar-refractivity contribution in [2.45, 2.75) is 37.5 Å². The zero-order valence-corrected chi connectivity index (χ0v) is 12.2. The van der Waals surface area contributed by atoms with Gasteiger partial charge >= 0.3 is 0 Å². The first-order chi connectivity index (χ1) is 10.4. The molecule has 0 unspecified atom stereocenters. The van der Waals surface area contributed by atoms with E-state index < -0.39 is 0 Å². The molecule has 2 fully saturated rings. The maximum Gasteiger partial charge on any atom is 0.227 e. The lowest BCUT2D eigenvalue weighted by Gasteiger charge is -2.39. The van der Waals surface area contributed by atoms with Gasteiger partial charge < -0.3 is 9.84 Å². The fourth-order valence-corrected chi connectivity index (χ4v) is 3.60. The van der Waals surface area contributed by atoms with Gasteiger partial charge in [0.15, 0.2) is 5.82 Å². The van der Waals surface area contributed by atoms with E-state index in [4.69, 9.17) is 9.51 Å². The molecule has 1 saturated carbocycles. The number of hydrogen-bond acceptors (Lipinski definition) is 4. The van der Waals surface area contributed by atoms with Gasteiger partial charge in [0, 0.05) is 6.42 Å². The van der Waals surface area contributed by atoms with E-state index in [0.29, 0.717) is 5.92 Å². The Morgan fingerprint density at radius 3 is 2.76 bits per heavy atom. The average Bonchev–Trinajstić information content (AvgIpc) is 3.12.